The second-order valence-electron chi connectivity index (χ2n) is 6.36. The Labute approximate surface area is 168 Å². The van der Waals surface area contributed by atoms with Crippen LogP contribution in [0.4, 0.5) is 0 Å². The zero-order valence-corrected chi connectivity index (χ0v) is 17.8. The molecule has 0 fully saturated rings. The Balaban J connectivity index is 1.47. The van der Waals surface area contributed by atoms with Crippen LogP contribution in [-0.2, 0) is 13.0 Å². The maximum atomic E-state index is 4.75. The van der Waals surface area contributed by atoms with Gasteiger partial charge in [0.1, 0.15) is 10.0 Å². The Kier molecular flexibility index (Phi) is 6.58. The maximum absolute atomic E-state index is 4.75. The normalized spacial score (nSPS) is 11.6. The van der Waals surface area contributed by atoms with Crippen LogP contribution in [-0.4, -0.2) is 29.5 Å². The molecule has 0 saturated carbocycles. The number of aliphatic imine (C=N–C) groups is 1. The van der Waals surface area contributed by atoms with Crippen molar-refractivity contribution in [3.05, 3.63) is 56.5 Å². The van der Waals surface area contributed by atoms with Crippen molar-refractivity contribution in [3.63, 3.8) is 0 Å². The predicted molar refractivity (Wildman–Crippen MR) is 116 cm³/mol. The van der Waals surface area contributed by atoms with E-state index in [1.807, 2.05) is 6.92 Å². The second kappa shape index (κ2) is 9.10. The molecule has 0 unspecified atom stereocenters. The number of benzene rings is 1. The third-order valence-corrected chi connectivity index (χ3v) is 6.24. The summed E-state index contributed by atoms with van der Waals surface area (Å²) in [6.45, 7) is 7.71. The molecule has 0 bridgehead atoms. The summed E-state index contributed by atoms with van der Waals surface area (Å²) in [4.78, 5) is 14.8. The number of guanidine groups is 1. The van der Waals surface area contributed by atoms with Gasteiger partial charge in [0, 0.05) is 35.8 Å². The van der Waals surface area contributed by atoms with Gasteiger partial charge < -0.3 is 10.6 Å². The van der Waals surface area contributed by atoms with E-state index >= 15 is 0 Å². The highest BCUT2D eigenvalue weighted by Gasteiger charge is 2.07. The van der Waals surface area contributed by atoms with Crippen LogP contribution in [0, 0.1) is 20.8 Å². The Morgan fingerprint density at radius 3 is 2.52 bits per heavy atom. The standard InChI is InChI=1S/C20H25N5S2/c1-13-5-7-16(8-6-13)19-25-17(12-26-19)9-10-22-20(21-4)23-11-18-24-14(2)15(3)27-18/h5-8,12H,9-11H2,1-4H3,(H2,21,22,23). The first-order valence-corrected chi connectivity index (χ1v) is 10.6. The Morgan fingerprint density at radius 1 is 1.07 bits per heavy atom. The summed E-state index contributed by atoms with van der Waals surface area (Å²) in [5, 5.41) is 10.9. The Hall–Kier alpha value is -2.25. The van der Waals surface area contributed by atoms with Crippen LogP contribution in [0.3, 0.4) is 0 Å². The van der Waals surface area contributed by atoms with Gasteiger partial charge in [-0.1, -0.05) is 29.8 Å². The first kappa shape index (κ1) is 19.5. The zero-order valence-electron chi connectivity index (χ0n) is 16.2. The Bertz CT molecular complexity index is 889. The number of hydrogen-bond donors (Lipinski definition) is 2. The van der Waals surface area contributed by atoms with Crippen LogP contribution >= 0.6 is 22.7 Å². The van der Waals surface area contributed by atoms with E-state index in [0.717, 1.165) is 40.3 Å². The molecule has 0 amide bonds. The van der Waals surface area contributed by atoms with E-state index in [2.05, 4.69) is 64.1 Å². The molecule has 27 heavy (non-hydrogen) atoms. The molecule has 2 heterocycles. The summed E-state index contributed by atoms with van der Waals surface area (Å²) in [5.41, 5.74) is 4.65. The SMILES string of the molecule is CN=C(NCCc1csc(-c2ccc(C)cc2)n1)NCc1nc(C)c(C)s1. The van der Waals surface area contributed by atoms with E-state index in [9.17, 15) is 0 Å². The fraction of sp³-hybridized carbons (Fsp3) is 0.350. The summed E-state index contributed by atoms with van der Waals surface area (Å²) in [5.74, 6) is 0.787. The molecular weight excluding hydrogens is 374 g/mol. The van der Waals surface area contributed by atoms with Crippen LogP contribution in [0.15, 0.2) is 34.6 Å². The molecule has 0 aliphatic heterocycles. The molecule has 3 aromatic rings. The summed E-state index contributed by atoms with van der Waals surface area (Å²) >= 11 is 3.42. The van der Waals surface area contributed by atoms with E-state index in [-0.39, 0.29) is 0 Å². The third-order valence-electron chi connectivity index (χ3n) is 4.23. The second-order valence-corrected chi connectivity index (χ2v) is 8.51. The maximum Gasteiger partial charge on any atom is 0.191 e. The van der Waals surface area contributed by atoms with Gasteiger partial charge in [0.2, 0.25) is 0 Å². The van der Waals surface area contributed by atoms with Crippen molar-refractivity contribution in [1.29, 1.82) is 0 Å². The summed E-state index contributed by atoms with van der Waals surface area (Å²) in [7, 11) is 1.78. The largest absolute Gasteiger partial charge is 0.356 e. The zero-order chi connectivity index (χ0) is 19.2. The molecule has 2 N–H and O–H groups in total. The number of nitrogens with one attached hydrogen (secondary N) is 2. The van der Waals surface area contributed by atoms with Gasteiger partial charge in [-0.2, -0.15) is 0 Å². The van der Waals surface area contributed by atoms with Gasteiger partial charge in [0.25, 0.3) is 0 Å². The van der Waals surface area contributed by atoms with Gasteiger partial charge in [-0.25, -0.2) is 9.97 Å². The fourth-order valence-corrected chi connectivity index (χ4v) is 4.29. The van der Waals surface area contributed by atoms with Gasteiger partial charge >= 0.3 is 0 Å². The van der Waals surface area contributed by atoms with E-state index in [4.69, 9.17) is 4.98 Å². The number of aromatic nitrogens is 2. The number of thiazole rings is 2. The third kappa shape index (κ3) is 5.37. The van der Waals surface area contributed by atoms with Gasteiger partial charge in [0.15, 0.2) is 5.96 Å². The minimum atomic E-state index is 0.688. The van der Waals surface area contributed by atoms with E-state index in [0.29, 0.717) is 6.54 Å². The quantitative estimate of drug-likeness (QED) is 0.484. The van der Waals surface area contributed by atoms with Crippen LogP contribution < -0.4 is 10.6 Å². The summed E-state index contributed by atoms with van der Waals surface area (Å²) in [6.07, 6.45) is 0.860. The molecule has 0 aliphatic carbocycles. The minimum absolute atomic E-state index is 0.688. The molecule has 0 aliphatic rings. The van der Waals surface area contributed by atoms with Crippen LogP contribution in [0.2, 0.25) is 0 Å². The molecule has 1 aromatic carbocycles. The molecule has 7 heteroatoms. The first-order valence-electron chi connectivity index (χ1n) is 8.94. The topological polar surface area (TPSA) is 62.2 Å². The number of rotatable bonds is 6. The van der Waals surface area contributed by atoms with E-state index < -0.39 is 0 Å². The van der Waals surface area contributed by atoms with Crippen molar-refractivity contribution >= 4 is 28.6 Å². The van der Waals surface area contributed by atoms with E-state index in [1.54, 1.807) is 29.7 Å². The smallest absolute Gasteiger partial charge is 0.191 e. The lowest BCUT2D eigenvalue weighted by molar-refractivity contribution is 0.784. The lowest BCUT2D eigenvalue weighted by atomic mass is 10.2. The first-order chi connectivity index (χ1) is 13.0. The highest BCUT2D eigenvalue weighted by Crippen LogP contribution is 2.24. The number of aryl methyl sites for hydroxylation is 3. The predicted octanol–water partition coefficient (Wildman–Crippen LogP) is 4.10. The van der Waals surface area contributed by atoms with Gasteiger partial charge in [-0.15, -0.1) is 22.7 Å². The van der Waals surface area contributed by atoms with Crippen molar-refractivity contribution in [2.45, 2.75) is 33.7 Å². The molecule has 0 atom stereocenters. The van der Waals surface area contributed by atoms with Crippen LogP contribution in [0.5, 0.6) is 0 Å². The lowest BCUT2D eigenvalue weighted by Crippen LogP contribution is -2.37. The molecule has 5 nitrogen and oxygen atoms in total. The monoisotopic (exact) mass is 399 g/mol. The average molecular weight is 400 g/mol. The number of nitrogens with zero attached hydrogens (tertiary/aromatic N) is 3. The molecule has 3 rings (SSSR count). The van der Waals surface area contributed by atoms with Crippen molar-refractivity contribution in [3.8, 4) is 10.6 Å². The highest BCUT2D eigenvalue weighted by atomic mass is 32.1. The lowest BCUT2D eigenvalue weighted by Gasteiger charge is -2.10. The van der Waals surface area contributed by atoms with Gasteiger partial charge in [-0.3, -0.25) is 4.99 Å². The van der Waals surface area contributed by atoms with E-state index in [1.165, 1.54) is 16.0 Å². The highest BCUT2D eigenvalue weighted by molar-refractivity contribution is 7.13. The average Bonchev–Trinajstić information content (AvgIpc) is 3.25. The molecule has 0 spiro atoms. The molecule has 142 valence electrons. The summed E-state index contributed by atoms with van der Waals surface area (Å²) in [6, 6.07) is 8.51. The molecule has 0 saturated heterocycles. The van der Waals surface area contributed by atoms with Crippen molar-refractivity contribution < 1.29 is 0 Å². The Morgan fingerprint density at radius 2 is 1.85 bits per heavy atom. The minimum Gasteiger partial charge on any atom is -0.356 e. The fourth-order valence-electron chi connectivity index (χ4n) is 2.55. The molecular formula is C20H25N5S2. The van der Waals surface area contributed by atoms with Crippen molar-refractivity contribution in [1.82, 2.24) is 20.6 Å². The number of hydrogen-bond acceptors (Lipinski definition) is 5. The van der Waals surface area contributed by atoms with Gasteiger partial charge in [0.05, 0.1) is 17.9 Å². The van der Waals surface area contributed by atoms with Crippen molar-refractivity contribution in [2.75, 3.05) is 13.6 Å². The molecule has 2 aromatic heterocycles. The van der Waals surface area contributed by atoms with Crippen LogP contribution in [0.1, 0.15) is 26.8 Å². The van der Waals surface area contributed by atoms with Crippen molar-refractivity contribution in [2.24, 2.45) is 4.99 Å². The summed E-state index contributed by atoms with van der Waals surface area (Å²) < 4.78 is 0. The van der Waals surface area contributed by atoms with Gasteiger partial charge in [-0.05, 0) is 20.8 Å². The van der Waals surface area contributed by atoms with Crippen LogP contribution in [0.25, 0.3) is 10.6 Å². The molecule has 0 radical (unpaired) electrons.